The fraction of sp³-hybridized carbons (Fsp3) is 0.333. The highest BCUT2D eigenvalue weighted by Gasteiger charge is 2.21. The van der Waals surface area contributed by atoms with Crippen LogP contribution < -0.4 is 9.62 Å². The fourth-order valence-electron chi connectivity index (χ4n) is 4.56. The van der Waals surface area contributed by atoms with Crippen molar-refractivity contribution in [1.29, 1.82) is 0 Å². The molecule has 160 valence electrons. The lowest BCUT2D eigenvalue weighted by Gasteiger charge is -2.27. The molecular formula is C24H28N6S. The van der Waals surface area contributed by atoms with Gasteiger partial charge in [-0.15, -0.1) is 0 Å². The van der Waals surface area contributed by atoms with Crippen molar-refractivity contribution >= 4 is 34.4 Å². The van der Waals surface area contributed by atoms with Crippen molar-refractivity contribution in [1.82, 2.24) is 19.3 Å². The highest BCUT2D eigenvalue weighted by atomic mass is 32.2. The number of benzene rings is 1. The molecule has 1 N–H and O–H groups in total. The molecule has 1 aromatic carbocycles. The average molecular weight is 433 g/mol. The summed E-state index contributed by atoms with van der Waals surface area (Å²) in [7, 11) is 6.22. The SMILES string of the molecule is CN(c1cccc(-c2cn(C)c3nccc(NSc4ccn(C)n4)c23)c1)C1CCCC1. The second-order valence-electron chi connectivity index (χ2n) is 8.34. The Bertz CT molecular complexity index is 1200. The Morgan fingerprint density at radius 3 is 2.74 bits per heavy atom. The van der Waals surface area contributed by atoms with Gasteiger partial charge in [-0.2, -0.15) is 5.10 Å². The molecule has 31 heavy (non-hydrogen) atoms. The van der Waals surface area contributed by atoms with Crippen LogP contribution >= 0.6 is 11.9 Å². The lowest BCUT2D eigenvalue weighted by molar-refractivity contribution is 0.653. The summed E-state index contributed by atoms with van der Waals surface area (Å²) in [6, 6.07) is 13.6. The highest BCUT2D eigenvalue weighted by molar-refractivity contribution is 8.00. The molecule has 3 aromatic heterocycles. The van der Waals surface area contributed by atoms with E-state index in [1.807, 2.05) is 36.3 Å². The molecule has 7 heteroatoms. The number of fused-ring (bicyclic) bond motifs is 1. The van der Waals surface area contributed by atoms with E-state index in [9.17, 15) is 0 Å². The van der Waals surface area contributed by atoms with Crippen molar-refractivity contribution in [2.75, 3.05) is 16.7 Å². The number of pyridine rings is 1. The van der Waals surface area contributed by atoms with Crippen LogP contribution in [0.3, 0.4) is 0 Å². The van der Waals surface area contributed by atoms with Crippen LogP contribution in [0.25, 0.3) is 22.2 Å². The minimum atomic E-state index is 0.649. The molecule has 1 aliphatic carbocycles. The standard InChI is InChI=1S/C24H28N6S/c1-28-16-20(17-7-6-10-19(15-17)30(3)18-8-4-5-9-18)23-21(11-13-25-24(23)28)27-31-22-12-14-29(2)26-22/h6-7,10-16,18H,4-5,8-9H2,1-3H3,(H,25,27). The Kier molecular flexibility index (Phi) is 5.36. The molecule has 0 saturated heterocycles. The summed E-state index contributed by atoms with van der Waals surface area (Å²) < 4.78 is 7.42. The van der Waals surface area contributed by atoms with E-state index in [1.165, 1.54) is 54.4 Å². The van der Waals surface area contributed by atoms with Crippen molar-refractivity contribution in [2.24, 2.45) is 14.1 Å². The molecule has 0 unspecified atom stereocenters. The Morgan fingerprint density at radius 2 is 1.97 bits per heavy atom. The summed E-state index contributed by atoms with van der Waals surface area (Å²) in [4.78, 5) is 7.11. The predicted octanol–water partition coefficient (Wildman–Crippen LogP) is 5.47. The zero-order valence-electron chi connectivity index (χ0n) is 18.2. The van der Waals surface area contributed by atoms with E-state index in [4.69, 9.17) is 0 Å². The molecule has 6 nitrogen and oxygen atoms in total. The van der Waals surface area contributed by atoms with Gasteiger partial charge in [-0.25, -0.2) is 4.98 Å². The Hall–Kier alpha value is -2.93. The normalized spacial score (nSPS) is 14.4. The minimum Gasteiger partial charge on any atom is -0.372 e. The second-order valence-corrected chi connectivity index (χ2v) is 9.17. The van der Waals surface area contributed by atoms with Gasteiger partial charge in [0.1, 0.15) is 10.7 Å². The third-order valence-corrected chi connectivity index (χ3v) is 7.00. The molecule has 3 heterocycles. The van der Waals surface area contributed by atoms with Gasteiger partial charge in [-0.1, -0.05) is 25.0 Å². The molecule has 4 aromatic rings. The fourth-order valence-corrected chi connectivity index (χ4v) is 5.24. The Labute approximate surface area is 187 Å². The number of aryl methyl sites for hydroxylation is 2. The number of hydrogen-bond acceptors (Lipinski definition) is 5. The van der Waals surface area contributed by atoms with Gasteiger partial charge in [0.2, 0.25) is 0 Å². The number of nitrogens with zero attached hydrogens (tertiary/aromatic N) is 5. The first kappa shape index (κ1) is 20.0. The van der Waals surface area contributed by atoms with Crippen LogP contribution in [-0.2, 0) is 14.1 Å². The molecule has 5 rings (SSSR count). The van der Waals surface area contributed by atoms with Gasteiger partial charge in [0.25, 0.3) is 0 Å². The molecule has 0 aliphatic heterocycles. The second kappa shape index (κ2) is 8.30. The average Bonchev–Trinajstić information content (AvgIpc) is 3.53. The zero-order chi connectivity index (χ0) is 21.4. The number of hydrogen-bond donors (Lipinski definition) is 1. The van der Waals surface area contributed by atoms with Gasteiger partial charge in [0.15, 0.2) is 0 Å². The van der Waals surface area contributed by atoms with Crippen LogP contribution in [0.4, 0.5) is 11.4 Å². The number of rotatable bonds is 6. The van der Waals surface area contributed by atoms with E-state index >= 15 is 0 Å². The Morgan fingerprint density at radius 1 is 1.13 bits per heavy atom. The van der Waals surface area contributed by atoms with E-state index in [2.05, 4.69) is 68.8 Å². The quantitative estimate of drug-likeness (QED) is 0.409. The lowest BCUT2D eigenvalue weighted by Crippen LogP contribution is -2.28. The van der Waals surface area contributed by atoms with Crippen LogP contribution in [0.15, 0.2) is 60.0 Å². The smallest absolute Gasteiger partial charge is 0.142 e. The maximum Gasteiger partial charge on any atom is 0.142 e. The van der Waals surface area contributed by atoms with Gasteiger partial charge in [-0.05, 0) is 42.7 Å². The molecule has 0 spiro atoms. The summed E-state index contributed by atoms with van der Waals surface area (Å²) in [6.45, 7) is 0. The van der Waals surface area contributed by atoms with Gasteiger partial charge in [0.05, 0.1) is 11.1 Å². The van der Waals surface area contributed by atoms with Crippen molar-refractivity contribution in [3.05, 3.63) is 55.0 Å². The number of aromatic nitrogens is 4. The minimum absolute atomic E-state index is 0.649. The van der Waals surface area contributed by atoms with Gasteiger partial charge in [0, 0.05) is 69.0 Å². The third-order valence-electron chi connectivity index (χ3n) is 6.25. The molecule has 0 amide bonds. The van der Waals surface area contributed by atoms with Crippen molar-refractivity contribution in [2.45, 2.75) is 36.8 Å². The summed E-state index contributed by atoms with van der Waals surface area (Å²) in [5.41, 5.74) is 5.70. The predicted molar refractivity (Wildman–Crippen MR) is 129 cm³/mol. The van der Waals surface area contributed by atoms with Crippen LogP contribution in [-0.4, -0.2) is 32.4 Å². The molecule has 1 aliphatic rings. The van der Waals surface area contributed by atoms with Gasteiger partial charge >= 0.3 is 0 Å². The summed E-state index contributed by atoms with van der Waals surface area (Å²) in [5, 5.41) is 6.52. The summed E-state index contributed by atoms with van der Waals surface area (Å²) in [5.74, 6) is 0. The lowest BCUT2D eigenvalue weighted by atomic mass is 10.0. The molecule has 1 saturated carbocycles. The van der Waals surface area contributed by atoms with E-state index in [0.717, 1.165) is 21.7 Å². The molecule has 1 fully saturated rings. The third kappa shape index (κ3) is 3.90. The van der Waals surface area contributed by atoms with Gasteiger partial charge < -0.3 is 14.2 Å². The number of anilines is 2. The maximum absolute atomic E-state index is 4.65. The van der Waals surface area contributed by atoms with E-state index in [1.54, 1.807) is 0 Å². The van der Waals surface area contributed by atoms with Crippen LogP contribution in [0, 0.1) is 0 Å². The van der Waals surface area contributed by atoms with Crippen molar-refractivity contribution in [3.8, 4) is 11.1 Å². The van der Waals surface area contributed by atoms with Crippen LogP contribution in [0.5, 0.6) is 0 Å². The number of nitrogens with one attached hydrogen (secondary N) is 1. The monoisotopic (exact) mass is 432 g/mol. The largest absolute Gasteiger partial charge is 0.372 e. The van der Waals surface area contributed by atoms with Crippen molar-refractivity contribution in [3.63, 3.8) is 0 Å². The summed E-state index contributed by atoms with van der Waals surface area (Å²) in [6.07, 6.45) is 11.3. The van der Waals surface area contributed by atoms with Crippen molar-refractivity contribution < 1.29 is 0 Å². The zero-order valence-corrected chi connectivity index (χ0v) is 19.1. The van der Waals surface area contributed by atoms with E-state index in [-0.39, 0.29) is 0 Å². The maximum atomic E-state index is 4.65. The van der Waals surface area contributed by atoms with E-state index < -0.39 is 0 Å². The topological polar surface area (TPSA) is 50.9 Å². The van der Waals surface area contributed by atoms with Crippen LogP contribution in [0.2, 0.25) is 0 Å². The van der Waals surface area contributed by atoms with Gasteiger partial charge in [-0.3, -0.25) is 4.68 Å². The summed E-state index contributed by atoms with van der Waals surface area (Å²) >= 11 is 1.52. The first-order chi connectivity index (χ1) is 15.1. The van der Waals surface area contributed by atoms with E-state index in [0.29, 0.717) is 6.04 Å². The molecule has 0 atom stereocenters. The molecule has 0 radical (unpaired) electrons. The Balaban J connectivity index is 1.52. The first-order valence-electron chi connectivity index (χ1n) is 10.8. The first-order valence-corrected chi connectivity index (χ1v) is 11.6. The molecule has 0 bridgehead atoms. The molecular weight excluding hydrogens is 404 g/mol. The highest BCUT2D eigenvalue weighted by Crippen LogP contribution is 2.37. The van der Waals surface area contributed by atoms with Crippen LogP contribution in [0.1, 0.15) is 25.7 Å².